The summed E-state index contributed by atoms with van der Waals surface area (Å²) in [6, 6.07) is 0. The summed E-state index contributed by atoms with van der Waals surface area (Å²) >= 11 is 0. The summed E-state index contributed by atoms with van der Waals surface area (Å²) < 4.78 is 0. The number of hydrogen-bond donors (Lipinski definition) is 0. The fourth-order valence-corrected chi connectivity index (χ4v) is 0. The largest absolute Gasteiger partial charge is 0.346 e. The minimum Gasteiger partial charge on any atom is -0.346 e. The second-order valence-electron chi connectivity index (χ2n) is 0. The van der Waals surface area contributed by atoms with Crippen LogP contribution in [0.2, 0.25) is 0 Å². The maximum Gasteiger partial charge on any atom is 0 e. The van der Waals surface area contributed by atoms with Crippen LogP contribution in [0.15, 0.2) is 0 Å². The molecular formula is C2H5VWY-. The zero-order valence-corrected chi connectivity index (χ0v) is 10.3. The van der Waals surface area contributed by atoms with E-state index in [9.17, 15) is 0 Å². The van der Waals surface area contributed by atoms with Crippen molar-refractivity contribution in [2.24, 2.45) is 0 Å². The van der Waals surface area contributed by atoms with Crippen molar-refractivity contribution in [3.8, 4) is 0 Å². The van der Waals surface area contributed by atoms with Crippen LogP contribution in [-0.4, -0.2) is 0 Å². The van der Waals surface area contributed by atoms with Gasteiger partial charge in [-0.2, -0.15) is 6.92 Å². The third kappa shape index (κ3) is 21.6. The van der Waals surface area contributed by atoms with Gasteiger partial charge in [0.25, 0.3) is 0 Å². The first kappa shape index (κ1) is 26.3. The van der Waals surface area contributed by atoms with Crippen molar-refractivity contribution in [1.29, 1.82) is 0 Å². The van der Waals surface area contributed by atoms with Crippen LogP contribution in [0, 0.1) is 6.92 Å². The Morgan fingerprint density at radius 3 is 1.20 bits per heavy atom. The van der Waals surface area contributed by atoms with E-state index >= 15 is 0 Å². The van der Waals surface area contributed by atoms with Gasteiger partial charge < -0.3 is 6.92 Å². The average Bonchev–Trinajstić information content (AvgIpc) is 1.00. The summed E-state index contributed by atoms with van der Waals surface area (Å²) in [6.45, 7) is 5.00. The molecule has 3 heteroatoms. The Bertz CT molecular complexity index is 9.61. The van der Waals surface area contributed by atoms with Crippen LogP contribution < -0.4 is 0 Å². The quantitative estimate of drug-likeness (QED) is 0.567. The molecule has 28 valence electrons. The molecule has 0 aliphatic carbocycles. The average molecular weight is 353 g/mol. The minimum absolute atomic E-state index is 0. The third-order valence-corrected chi connectivity index (χ3v) is 0. The van der Waals surface area contributed by atoms with E-state index in [2.05, 4.69) is 6.92 Å². The third-order valence-electron chi connectivity index (χ3n) is 0. The van der Waals surface area contributed by atoms with Crippen LogP contribution in [0.3, 0.4) is 0 Å². The Balaban J connectivity index is -0.00000000167. The van der Waals surface area contributed by atoms with Crippen LogP contribution in [0.4, 0.5) is 0 Å². The maximum atomic E-state index is 3.25. The fourth-order valence-electron chi connectivity index (χ4n) is 0. The van der Waals surface area contributed by atoms with E-state index < -0.39 is 0 Å². The predicted octanol–water partition coefficient (Wildman–Crippen LogP) is 0.833. The van der Waals surface area contributed by atoms with Gasteiger partial charge in [-0.1, -0.05) is 0 Å². The molecule has 0 N–H and O–H groups in total. The van der Waals surface area contributed by atoms with Gasteiger partial charge in [-0.25, -0.2) is 0 Å². The maximum absolute atomic E-state index is 3.25. The molecule has 0 aliphatic heterocycles. The summed E-state index contributed by atoms with van der Waals surface area (Å²) in [6.07, 6.45) is 0. The van der Waals surface area contributed by atoms with E-state index in [0.29, 0.717) is 0 Å². The molecule has 0 aliphatic rings. The first-order valence-electron chi connectivity index (χ1n) is 0.707. The first-order chi connectivity index (χ1) is 1.00. The Morgan fingerprint density at radius 2 is 1.20 bits per heavy atom. The molecule has 0 aromatic rings. The minimum atomic E-state index is 0. The Kier molecular flexibility index (Phi) is 172. The second-order valence-corrected chi connectivity index (χ2v) is 0. The number of rotatable bonds is 0. The Morgan fingerprint density at radius 1 is 1.20 bits per heavy atom. The first-order valence-corrected chi connectivity index (χ1v) is 0.707. The summed E-state index contributed by atoms with van der Waals surface area (Å²) in [7, 11) is 0. The summed E-state index contributed by atoms with van der Waals surface area (Å²) in [5.41, 5.74) is 0. The van der Waals surface area contributed by atoms with E-state index in [1.54, 1.807) is 6.92 Å². The van der Waals surface area contributed by atoms with Crippen molar-refractivity contribution in [2.45, 2.75) is 6.92 Å². The van der Waals surface area contributed by atoms with Crippen LogP contribution in [0.25, 0.3) is 0 Å². The summed E-state index contributed by atoms with van der Waals surface area (Å²) in [5.74, 6) is 0. The van der Waals surface area contributed by atoms with Gasteiger partial charge in [-0.3, -0.25) is 0 Å². The molecule has 0 aromatic carbocycles. The molecule has 5 heavy (non-hydrogen) atoms. The molecule has 0 spiro atoms. The smallest absolute Gasteiger partial charge is 0 e. The Hall–Kier alpha value is 2.38. The molecule has 0 aromatic heterocycles. The van der Waals surface area contributed by atoms with Crippen LogP contribution in [0.5, 0.6) is 0 Å². The molecule has 0 saturated heterocycles. The molecular weight excluding hydrogens is 348 g/mol. The van der Waals surface area contributed by atoms with Gasteiger partial charge in [0.05, 0.1) is 0 Å². The van der Waals surface area contributed by atoms with Gasteiger partial charge in [0.15, 0.2) is 0 Å². The van der Waals surface area contributed by atoms with Crippen molar-refractivity contribution in [1.82, 2.24) is 0 Å². The zero-order chi connectivity index (χ0) is 2.00. The van der Waals surface area contributed by atoms with Crippen molar-refractivity contribution in [3.05, 3.63) is 6.92 Å². The van der Waals surface area contributed by atoms with Crippen molar-refractivity contribution >= 4 is 0 Å². The number of hydrogen-bond acceptors (Lipinski definition) is 0. The molecule has 0 rings (SSSR count). The van der Waals surface area contributed by atoms with E-state index in [-0.39, 0.29) is 72.3 Å². The van der Waals surface area contributed by atoms with Gasteiger partial charge in [-0.15, -0.1) is 0 Å². The normalized spacial score (nSPS) is 1.20. The van der Waals surface area contributed by atoms with Gasteiger partial charge in [0.2, 0.25) is 0 Å². The molecule has 0 unspecified atom stereocenters. The van der Waals surface area contributed by atoms with E-state index in [0.717, 1.165) is 0 Å². The molecule has 0 saturated carbocycles. The molecule has 0 heterocycles. The molecule has 2 radical (unpaired) electrons. The van der Waals surface area contributed by atoms with Gasteiger partial charge >= 0.3 is 0 Å². The predicted molar refractivity (Wildman–Crippen MR) is 11.0 cm³/mol. The van der Waals surface area contributed by atoms with E-state index in [4.69, 9.17) is 0 Å². The van der Waals surface area contributed by atoms with E-state index in [1.165, 1.54) is 0 Å². The molecule has 0 bridgehead atoms. The molecule has 0 amide bonds. The summed E-state index contributed by atoms with van der Waals surface area (Å²) in [4.78, 5) is 0. The van der Waals surface area contributed by atoms with Crippen molar-refractivity contribution < 1.29 is 72.3 Å². The molecule has 0 fully saturated rings. The molecule has 0 nitrogen and oxygen atoms in total. The van der Waals surface area contributed by atoms with Gasteiger partial charge in [0.1, 0.15) is 0 Å². The SMILES string of the molecule is [CH2-]C.[V].[W].[Y]. The van der Waals surface area contributed by atoms with Crippen LogP contribution in [-0.2, 0) is 72.3 Å². The Labute approximate surface area is 84.9 Å². The monoisotopic (exact) mass is 353 g/mol. The van der Waals surface area contributed by atoms with Crippen LogP contribution >= 0.6 is 0 Å². The van der Waals surface area contributed by atoms with Gasteiger partial charge in [0, 0.05) is 72.3 Å². The summed E-state index contributed by atoms with van der Waals surface area (Å²) in [5, 5.41) is 0. The van der Waals surface area contributed by atoms with Gasteiger partial charge in [-0.05, 0) is 0 Å². The molecule has 0 atom stereocenters. The fraction of sp³-hybridized carbons (Fsp3) is 0.500. The van der Waals surface area contributed by atoms with Crippen molar-refractivity contribution in [3.63, 3.8) is 0 Å². The van der Waals surface area contributed by atoms with Crippen LogP contribution in [0.1, 0.15) is 6.92 Å². The zero-order valence-electron chi connectivity index (χ0n) is 3.14. The second kappa shape index (κ2) is 32.6. The van der Waals surface area contributed by atoms with Crippen molar-refractivity contribution in [2.75, 3.05) is 0 Å². The standard InChI is InChI=1S/C2H5.V.W.Y/c1-2;;;/h1H2,2H3;;;/q-1;;;. The van der Waals surface area contributed by atoms with E-state index in [1.807, 2.05) is 0 Å². The topological polar surface area (TPSA) is 0 Å².